The van der Waals surface area contributed by atoms with Crippen LogP contribution in [0.15, 0.2) is 30.4 Å². The molecule has 0 unspecified atom stereocenters. The van der Waals surface area contributed by atoms with Crippen LogP contribution in [0.3, 0.4) is 0 Å². The molecule has 0 aliphatic heterocycles. The van der Waals surface area contributed by atoms with Crippen LogP contribution < -0.4 is 9.47 Å². The summed E-state index contributed by atoms with van der Waals surface area (Å²) in [6.45, 7) is 5.02. The first-order valence-electron chi connectivity index (χ1n) is 6.93. The third-order valence-corrected chi connectivity index (χ3v) is 2.53. The first-order chi connectivity index (χ1) is 10.1. The molecule has 1 aromatic rings. The third kappa shape index (κ3) is 5.69. The summed E-state index contributed by atoms with van der Waals surface area (Å²) in [5.41, 5.74) is 0.324. The number of carboxylic acid groups (broad SMARTS) is 1. The molecule has 0 bridgehead atoms. The van der Waals surface area contributed by atoms with E-state index in [4.69, 9.17) is 14.6 Å². The summed E-state index contributed by atoms with van der Waals surface area (Å²) in [7, 11) is 0. The molecule has 0 aliphatic rings. The Morgan fingerprint density at radius 3 is 2.38 bits per heavy atom. The van der Waals surface area contributed by atoms with Gasteiger partial charge in [0, 0.05) is 12.1 Å². The number of aliphatic carboxylic acids is 1. The molecule has 114 valence electrons. The minimum Gasteiger partial charge on any atom is -0.493 e. The van der Waals surface area contributed by atoms with Crippen molar-refractivity contribution >= 4 is 11.8 Å². The highest BCUT2D eigenvalue weighted by Crippen LogP contribution is 2.26. The number of carbonyl (C=O) groups is 2. The number of hydrogen-bond acceptors (Lipinski definition) is 4. The minimum absolute atomic E-state index is 0.324. The van der Waals surface area contributed by atoms with E-state index in [1.807, 2.05) is 13.8 Å². The lowest BCUT2D eigenvalue weighted by atomic mass is 10.1. The van der Waals surface area contributed by atoms with Crippen LogP contribution >= 0.6 is 0 Å². The Bertz CT molecular complexity index is 519. The second kappa shape index (κ2) is 8.79. The van der Waals surface area contributed by atoms with Gasteiger partial charge < -0.3 is 14.6 Å². The van der Waals surface area contributed by atoms with Crippen molar-refractivity contribution in [2.24, 2.45) is 0 Å². The van der Waals surface area contributed by atoms with Gasteiger partial charge in [-0.05, 0) is 31.1 Å². The van der Waals surface area contributed by atoms with E-state index in [9.17, 15) is 9.59 Å². The molecule has 0 amide bonds. The predicted molar refractivity (Wildman–Crippen MR) is 79.1 cm³/mol. The fourth-order valence-corrected chi connectivity index (χ4v) is 1.58. The standard InChI is InChI=1S/C16H20O5/c1-3-9-20-12-5-6-13(14(17)7-8-16(18)19)15(11-12)21-10-4-2/h5-8,11H,3-4,9-10H2,1-2H3,(H,18,19)/b8-7+. The average molecular weight is 292 g/mol. The van der Waals surface area contributed by atoms with Crippen molar-refractivity contribution in [1.29, 1.82) is 0 Å². The fraction of sp³-hybridized carbons (Fsp3) is 0.375. The van der Waals surface area contributed by atoms with Crippen LogP contribution in [0.4, 0.5) is 0 Å². The van der Waals surface area contributed by atoms with Crippen LogP contribution in [-0.2, 0) is 4.79 Å². The van der Waals surface area contributed by atoms with Crippen molar-refractivity contribution in [2.75, 3.05) is 13.2 Å². The largest absolute Gasteiger partial charge is 0.493 e. The maximum absolute atomic E-state index is 12.0. The van der Waals surface area contributed by atoms with Crippen molar-refractivity contribution < 1.29 is 24.2 Å². The van der Waals surface area contributed by atoms with Crippen LogP contribution in [0.25, 0.3) is 0 Å². The number of rotatable bonds is 9. The van der Waals surface area contributed by atoms with Crippen LogP contribution in [0, 0.1) is 0 Å². The summed E-state index contributed by atoms with van der Waals surface area (Å²) in [4.78, 5) is 22.5. The van der Waals surface area contributed by atoms with Crippen molar-refractivity contribution in [3.63, 3.8) is 0 Å². The van der Waals surface area contributed by atoms with Crippen molar-refractivity contribution in [3.05, 3.63) is 35.9 Å². The van der Waals surface area contributed by atoms with Gasteiger partial charge in [0.1, 0.15) is 11.5 Å². The number of allylic oxidation sites excluding steroid dienone is 1. The Kier molecular flexibility index (Phi) is 7.01. The van der Waals surface area contributed by atoms with E-state index in [1.54, 1.807) is 18.2 Å². The number of carboxylic acids is 1. The van der Waals surface area contributed by atoms with Gasteiger partial charge in [-0.3, -0.25) is 4.79 Å². The number of carbonyl (C=O) groups excluding carboxylic acids is 1. The molecule has 1 aromatic carbocycles. The summed E-state index contributed by atoms with van der Waals surface area (Å²) < 4.78 is 11.1. The number of benzene rings is 1. The smallest absolute Gasteiger partial charge is 0.328 e. The van der Waals surface area contributed by atoms with Crippen molar-refractivity contribution in [3.8, 4) is 11.5 Å². The highest BCUT2D eigenvalue weighted by atomic mass is 16.5. The first-order valence-corrected chi connectivity index (χ1v) is 6.93. The molecule has 0 fully saturated rings. The van der Waals surface area contributed by atoms with Crippen molar-refractivity contribution in [2.45, 2.75) is 26.7 Å². The molecule has 0 saturated carbocycles. The molecule has 0 atom stereocenters. The quantitative estimate of drug-likeness (QED) is 0.559. The van der Waals surface area contributed by atoms with E-state index < -0.39 is 11.8 Å². The maximum Gasteiger partial charge on any atom is 0.328 e. The summed E-state index contributed by atoms with van der Waals surface area (Å²) in [6, 6.07) is 4.92. The second-order valence-electron chi connectivity index (χ2n) is 4.39. The average Bonchev–Trinajstić information content (AvgIpc) is 2.48. The predicted octanol–water partition coefficient (Wildman–Crippen LogP) is 3.09. The van der Waals surface area contributed by atoms with Crippen LogP contribution in [0.2, 0.25) is 0 Å². The van der Waals surface area contributed by atoms with Gasteiger partial charge in [0.15, 0.2) is 5.78 Å². The molecular formula is C16H20O5. The lowest BCUT2D eigenvalue weighted by Gasteiger charge is -2.12. The van der Waals surface area contributed by atoms with Gasteiger partial charge in [0.05, 0.1) is 18.8 Å². The molecule has 0 aliphatic carbocycles. The summed E-state index contributed by atoms with van der Waals surface area (Å²) >= 11 is 0. The third-order valence-electron chi connectivity index (χ3n) is 2.53. The highest BCUT2D eigenvalue weighted by Gasteiger charge is 2.12. The molecule has 0 radical (unpaired) electrons. The zero-order valence-electron chi connectivity index (χ0n) is 12.3. The number of ether oxygens (including phenoxy) is 2. The van der Waals surface area contributed by atoms with Gasteiger partial charge in [0.2, 0.25) is 0 Å². The summed E-state index contributed by atoms with van der Waals surface area (Å²) in [5.74, 6) is -0.542. The van der Waals surface area contributed by atoms with Crippen molar-refractivity contribution in [1.82, 2.24) is 0 Å². The molecule has 0 saturated heterocycles. The molecule has 0 spiro atoms. The first kappa shape index (κ1) is 16.8. The SMILES string of the molecule is CCCOc1ccc(C(=O)/C=C/C(=O)O)c(OCCC)c1. The molecule has 1 rings (SSSR count). The Morgan fingerprint density at radius 2 is 1.76 bits per heavy atom. The second-order valence-corrected chi connectivity index (χ2v) is 4.39. The summed E-state index contributed by atoms with van der Waals surface area (Å²) in [5, 5.41) is 8.57. The van der Waals surface area contributed by atoms with Gasteiger partial charge in [-0.1, -0.05) is 13.8 Å². The molecule has 5 nitrogen and oxygen atoms in total. The Labute approximate surface area is 124 Å². The van der Waals surface area contributed by atoms with Crippen LogP contribution in [0.1, 0.15) is 37.0 Å². The highest BCUT2D eigenvalue weighted by molar-refractivity contribution is 6.08. The molecular weight excluding hydrogens is 272 g/mol. The molecule has 0 heterocycles. The van der Waals surface area contributed by atoms with E-state index in [1.165, 1.54) is 0 Å². The minimum atomic E-state index is -1.16. The van der Waals surface area contributed by atoms with Crippen LogP contribution in [0.5, 0.6) is 11.5 Å². The summed E-state index contributed by atoms with van der Waals surface area (Å²) in [6.07, 6.45) is 3.52. The maximum atomic E-state index is 12.0. The molecule has 0 aromatic heterocycles. The van der Waals surface area contributed by atoms with Crippen LogP contribution in [-0.4, -0.2) is 30.1 Å². The van der Waals surface area contributed by atoms with Gasteiger partial charge >= 0.3 is 5.97 Å². The lowest BCUT2D eigenvalue weighted by Crippen LogP contribution is -2.05. The normalized spacial score (nSPS) is 10.6. The van der Waals surface area contributed by atoms with Gasteiger partial charge in [0.25, 0.3) is 0 Å². The Hall–Kier alpha value is -2.30. The number of ketones is 1. The lowest BCUT2D eigenvalue weighted by molar-refractivity contribution is -0.131. The topological polar surface area (TPSA) is 72.8 Å². The van der Waals surface area contributed by atoms with E-state index >= 15 is 0 Å². The van der Waals surface area contributed by atoms with Gasteiger partial charge in [-0.15, -0.1) is 0 Å². The molecule has 1 N–H and O–H groups in total. The molecule has 21 heavy (non-hydrogen) atoms. The van der Waals surface area contributed by atoms with E-state index in [-0.39, 0.29) is 0 Å². The zero-order chi connectivity index (χ0) is 15.7. The Morgan fingerprint density at radius 1 is 1.10 bits per heavy atom. The Balaban J connectivity index is 2.99. The van der Waals surface area contributed by atoms with Gasteiger partial charge in [-0.2, -0.15) is 0 Å². The monoisotopic (exact) mass is 292 g/mol. The number of hydrogen-bond donors (Lipinski definition) is 1. The van der Waals surface area contributed by atoms with E-state index in [0.29, 0.717) is 30.3 Å². The van der Waals surface area contributed by atoms with Gasteiger partial charge in [-0.25, -0.2) is 4.79 Å². The van der Waals surface area contributed by atoms with E-state index in [2.05, 4.69) is 0 Å². The fourth-order valence-electron chi connectivity index (χ4n) is 1.58. The van der Waals surface area contributed by atoms with E-state index in [0.717, 1.165) is 25.0 Å². The molecule has 5 heteroatoms. The zero-order valence-corrected chi connectivity index (χ0v) is 12.3.